The molecule has 0 fully saturated rings. The second kappa shape index (κ2) is 12.1. The van der Waals surface area contributed by atoms with Crippen LogP contribution in [0.4, 0.5) is 0 Å². The first kappa shape index (κ1) is 26.8. The van der Waals surface area contributed by atoms with Gasteiger partial charge in [0.15, 0.2) is 0 Å². The fourth-order valence-electron chi connectivity index (χ4n) is 3.46. The maximum Gasteiger partial charge on any atom is 0.326 e. The number of carbonyl (C=O) groups is 4. The lowest BCUT2D eigenvalue weighted by molar-refractivity contribution is -0.142. The zero-order valence-electron chi connectivity index (χ0n) is 19.5. The van der Waals surface area contributed by atoms with Crippen LogP contribution in [0.1, 0.15) is 32.8 Å². The topological polar surface area (TPSA) is 187 Å². The van der Waals surface area contributed by atoms with Gasteiger partial charge in [-0.05, 0) is 30.9 Å². The third kappa shape index (κ3) is 7.29. The van der Waals surface area contributed by atoms with Gasteiger partial charge in [-0.3, -0.25) is 14.4 Å². The van der Waals surface area contributed by atoms with Crippen LogP contribution in [0.3, 0.4) is 0 Å². The Morgan fingerprint density at radius 1 is 0.971 bits per heavy atom. The van der Waals surface area contributed by atoms with Crippen molar-refractivity contribution >= 4 is 34.6 Å². The fourth-order valence-corrected chi connectivity index (χ4v) is 3.46. The number of nitrogens with two attached hydrogens (primary N) is 1. The Hall–Kier alpha value is -3.44. The Balaban J connectivity index is 2.15. The van der Waals surface area contributed by atoms with Crippen molar-refractivity contribution < 1.29 is 29.4 Å². The summed E-state index contributed by atoms with van der Waals surface area (Å²) in [5.74, 6) is -3.16. The Kier molecular flexibility index (Phi) is 9.58. The number of benzene rings is 1. The van der Waals surface area contributed by atoms with E-state index in [0.29, 0.717) is 0 Å². The lowest BCUT2D eigenvalue weighted by atomic mass is 10.0. The number of amides is 3. The number of carbonyl (C=O) groups excluding carboxylic acids is 3. The molecule has 0 bridgehead atoms. The summed E-state index contributed by atoms with van der Waals surface area (Å²) < 4.78 is 0. The number of rotatable bonds is 12. The molecule has 2 rings (SSSR count). The lowest BCUT2D eigenvalue weighted by Gasteiger charge is -2.23. The molecule has 0 aliphatic rings. The predicted molar refractivity (Wildman–Crippen MR) is 126 cm³/mol. The molecule has 4 unspecified atom stereocenters. The van der Waals surface area contributed by atoms with E-state index in [1.807, 2.05) is 38.1 Å². The first-order chi connectivity index (χ1) is 16.0. The van der Waals surface area contributed by atoms with E-state index in [2.05, 4.69) is 20.9 Å². The summed E-state index contributed by atoms with van der Waals surface area (Å²) >= 11 is 0. The quantitative estimate of drug-likeness (QED) is 0.218. The van der Waals surface area contributed by atoms with Crippen molar-refractivity contribution in [3.63, 3.8) is 0 Å². The van der Waals surface area contributed by atoms with Gasteiger partial charge < -0.3 is 36.9 Å². The van der Waals surface area contributed by atoms with Gasteiger partial charge in [-0.25, -0.2) is 4.79 Å². The van der Waals surface area contributed by atoms with E-state index < -0.39 is 54.5 Å². The molecular formula is C23H33N5O6. The van der Waals surface area contributed by atoms with Crippen molar-refractivity contribution in [1.82, 2.24) is 20.9 Å². The minimum absolute atomic E-state index is 0.0396. The maximum absolute atomic E-state index is 13.0. The summed E-state index contributed by atoms with van der Waals surface area (Å²) in [4.78, 5) is 52.4. The van der Waals surface area contributed by atoms with Crippen LogP contribution < -0.4 is 21.7 Å². The summed E-state index contributed by atoms with van der Waals surface area (Å²) in [6, 6.07) is 2.99. The molecule has 0 radical (unpaired) electrons. The Bertz CT molecular complexity index is 1020. The molecule has 0 aliphatic carbocycles. The molecule has 0 aliphatic heterocycles. The number of carboxylic acids is 1. The van der Waals surface area contributed by atoms with Crippen LogP contribution >= 0.6 is 0 Å². The van der Waals surface area contributed by atoms with Crippen LogP contribution in [0.25, 0.3) is 10.9 Å². The zero-order valence-corrected chi connectivity index (χ0v) is 19.5. The number of aromatic amines is 1. The maximum atomic E-state index is 13.0. The van der Waals surface area contributed by atoms with Gasteiger partial charge >= 0.3 is 5.97 Å². The van der Waals surface area contributed by atoms with Crippen LogP contribution in [-0.2, 0) is 25.6 Å². The average Bonchev–Trinajstić information content (AvgIpc) is 3.19. The number of para-hydroxylation sites is 1. The highest BCUT2D eigenvalue weighted by Gasteiger charge is 2.29. The number of hydrogen-bond acceptors (Lipinski definition) is 6. The third-order valence-corrected chi connectivity index (χ3v) is 5.34. The van der Waals surface area contributed by atoms with Crippen LogP contribution in [0.15, 0.2) is 30.5 Å². The highest BCUT2D eigenvalue weighted by molar-refractivity contribution is 5.94. The molecule has 11 heteroatoms. The van der Waals surface area contributed by atoms with Crippen molar-refractivity contribution in [2.24, 2.45) is 11.7 Å². The van der Waals surface area contributed by atoms with Crippen molar-refractivity contribution in [2.75, 3.05) is 6.61 Å². The second-order valence-electron chi connectivity index (χ2n) is 8.67. The number of nitrogens with one attached hydrogen (secondary N) is 4. The summed E-state index contributed by atoms with van der Waals surface area (Å²) in [6.07, 6.45) is 2.06. The van der Waals surface area contributed by atoms with E-state index in [9.17, 15) is 29.4 Å². The Labute approximate surface area is 197 Å². The fraction of sp³-hybridized carbons (Fsp3) is 0.478. The number of fused-ring (bicyclic) bond motifs is 1. The SMILES string of the molecule is CC(C)CC(NC(=O)C(C)NC(=O)C(Cc1c[nH]c2ccccc12)NC(=O)C(N)CO)C(=O)O. The van der Waals surface area contributed by atoms with Gasteiger partial charge in [0.2, 0.25) is 17.7 Å². The molecule has 11 nitrogen and oxygen atoms in total. The first-order valence-corrected chi connectivity index (χ1v) is 11.1. The minimum atomic E-state index is -1.22. The van der Waals surface area contributed by atoms with Crippen LogP contribution in [0.2, 0.25) is 0 Å². The minimum Gasteiger partial charge on any atom is -0.480 e. The highest BCUT2D eigenvalue weighted by Crippen LogP contribution is 2.19. The normalized spacial score (nSPS) is 14.8. The molecule has 8 N–H and O–H groups in total. The summed E-state index contributed by atoms with van der Waals surface area (Å²) in [5.41, 5.74) is 7.19. The van der Waals surface area contributed by atoms with Gasteiger partial charge in [0.25, 0.3) is 0 Å². The second-order valence-corrected chi connectivity index (χ2v) is 8.67. The summed E-state index contributed by atoms with van der Waals surface area (Å²) in [5, 5.41) is 26.9. The van der Waals surface area contributed by atoms with Gasteiger partial charge in [-0.1, -0.05) is 32.0 Å². The van der Waals surface area contributed by atoms with E-state index in [4.69, 9.17) is 5.73 Å². The predicted octanol–water partition coefficient (Wildman–Crippen LogP) is -0.365. The van der Waals surface area contributed by atoms with Crippen molar-refractivity contribution in [1.29, 1.82) is 0 Å². The smallest absolute Gasteiger partial charge is 0.326 e. The molecule has 4 atom stereocenters. The first-order valence-electron chi connectivity index (χ1n) is 11.1. The summed E-state index contributed by atoms with van der Waals surface area (Å²) in [7, 11) is 0. The van der Waals surface area contributed by atoms with Crippen LogP contribution in [-0.4, -0.2) is 69.7 Å². The molecule has 1 heterocycles. The molecule has 34 heavy (non-hydrogen) atoms. The number of aliphatic carboxylic acids is 1. The van der Waals surface area contributed by atoms with Crippen LogP contribution in [0.5, 0.6) is 0 Å². The van der Waals surface area contributed by atoms with E-state index in [0.717, 1.165) is 16.5 Å². The van der Waals surface area contributed by atoms with Gasteiger partial charge in [0.05, 0.1) is 6.61 Å². The van der Waals surface area contributed by atoms with Crippen molar-refractivity contribution in [2.45, 2.75) is 57.8 Å². The van der Waals surface area contributed by atoms with E-state index in [1.54, 1.807) is 6.20 Å². The number of H-pyrrole nitrogens is 1. The molecule has 1 aromatic heterocycles. The van der Waals surface area contributed by atoms with Crippen molar-refractivity contribution in [3.8, 4) is 0 Å². The largest absolute Gasteiger partial charge is 0.480 e. The number of aromatic nitrogens is 1. The monoisotopic (exact) mass is 475 g/mol. The van der Waals surface area contributed by atoms with E-state index >= 15 is 0 Å². The molecule has 0 saturated carbocycles. The molecule has 0 spiro atoms. The Morgan fingerprint density at radius 3 is 2.24 bits per heavy atom. The van der Waals surface area contributed by atoms with Gasteiger partial charge in [0.1, 0.15) is 24.2 Å². The third-order valence-electron chi connectivity index (χ3n) is 5.34. The molecule has 0 saturated heterocycles. The van der Waals surface area contributed by atoms with Crippen molar-refractivity contribution in [3.05, 3.63) is 36.0 Å². The van der Waals surface area contributed by atoms with Crippen LogP contribution in [0, 0.1) is 5.92 Å². The highest BCUT2D eigenvalue weighted by atomic mass is 16.4. The van der Waals surface area contributed by atoms with Gasteiger partial charge in [0, 0.05) is 23.5 Å². The van der Waals surface area contributed by atoms with Gasteiger partial charge in [-0.2, -0.15) is 0 Å². The number of aliphatic hydroxyl groups excluding tert-OH is 1. The van der Waals surface area contributed by atoms with E-state index in [1.165, 1.54) is 6.92 Å². The van der Waals surface area contributed by atoms with E-state index in [-0.39, 0.29) is 18.8 Å². The number of carboxylic acid groups (broad SMARTS) is 1. The number of hydrogen-bond donors (Lipinski definition) is 7. The average molecular weight is 476 g/mol. The summed E-state index contributed by atoms with van der Waals surface area (Å²) in [6.45, 7) is 4.49. The molecule has 186 valence electrons. The molecule has 2 aromatic rings. The zero-order chi connectivity index (χ0) is 25.4. The van der Waals surface area contributed by atoms with Gasteiger partial charge in [-0.15, -0.1) is 0 Å². The molecule has 3 amide bonds. The molecule has 1 aromatic carbocycles. The standard InChI is InChI=1S/C23H33N5O6/c1-12(2)8-19(23(33)34)28-20(30)13(3)26-22(32)18(27-21(31)16(24)11-29)9-14-10-25-17-7-5-4-6-15(14)17/h4-7,10,12-13,16,18-19,25,29H,8-9,11,24H2,1-3H3,(H,26,32)(H,27,31)(H,28,30)(H,33,34). The Morgan fingerprint density at radius 2 is 1.62 bits per heavy atom. The lowest BCUT2D eigenvalue weighted by Crippen LogP contribution is -2.57. The molecular weight excluding hydrogens is 442 g/mol. The number of aliphatic hydroxyl groups is 1.